The molecule has 0 aliphatic carbocycles. The maximum Gasteiger partial charge on any atom is 0.259 e. The summed E-state index contributed by atoms with van der Waals surface area (Å²) >= 11 is 1.75. The molecule has 2 aromatic heterocycles. The summed E-state index contributed by atoms with van der Waals surface area (Å²) in [7, 11) is 3.98. The molecule has 0 unspecified atom stereocenters. The molecule has 0 atom stereocenters. The van der Waals surface area contributed by atoms with Gasteiger partial charge in [0.25, 0.3) is 6.54 Å². The van der Waals surface area contributed by atoms with Crippen LogP contribution in [0.2, 0.25) is 0 Å². The number of thioether (sulfide) groups is 1. The summed E-state index contributed by atoms with van der Waals surface area (Å²) in [5.74, 6) is 3.79. The molecule has 2 aromatic rings. The number of hydrogen-bond acceptors (Lipinski definition) is 8. The smallest absolute Gasteiger partial charge is 0.259 e. The maximum atomic E-state index is 10.9. The molecule has 0 saturated carbocycles. The van der Waals surface area contributed by atoms with Gasteiger partial charge in [0.05, 0.1) is 6.54 Å². The number of aromatic nitrogens is 1. The molecule has 31 heavy (non-hydrogen) atoms. The summed E-state index contributed by atoms with van der Waals surface area (Å²) in [5.41, 5.74) is 1.16. The lowest BCUT2D eigenvalue weighted by Crippen LogP contribution is -2.32. The molecule has 0 saturated heterocycles. The van der Waals surface area contributed by atoms with E-state index in [0.29, 0.717) is 38.6 Å². The highest BCUT2D eigenvalue weighted by atomic mass is 32.2. The van der Waals surface area contributed by atoms with Crippen LogP contribution in [0.15, 0.2) is 46.1 Å². The Bertz CT molecular complexity index is 798. The second-order valence-corrected chi connectivity index (χ2v) is 8.28. The standard InChI is InChI=1S/C21H31N5O4S/c1-25(2)14-19-6-7-20(30-19)16-29-11-4-9-23-21(15-26(27)28)24-10-12-31-17-18-5-3-8-22-13-18/h3,5-8,13H,4,9-12,14-17H2,1-2H3,(H,23,24). The first-order valence-corrected chi connectivity index (χ1v) is 11.3. The van der Waals surface area contributed by atoms with Gasteiger partial charge in [0.1, 0.15) is 18.1 Å². The Morgan fingerprint density at radius 2 is 2.19 bits per heavy atom. The van der Waals surface area contributed by atoms with Crippen molar-refractivity contribution >= 4 is 17.6 Å². The van der Waals surface area contributed by atoms with Crippen molar-refractivity contribution in [1.29, 1.82) is 0 Å². The van der Waals surface area contributed by atoms with Gasteiger partial charge in [-0.05, 0) is 44.3 Å². The molecule has 9 nitrogen and oxygen atoms in total. The fraction of sp³-hybridized carbons (Fsp3) is 0.524. The van der Waals surface area contributed by atoms with Gasteiger partial charge in [-0.2, -0.15) is 11.8 Å². The van der Waals surface area contributed by atoms with Gasteiger partial charge in [-0.1, -0.05) is 6.07 Å². The zero-order valence-electron chi connectivity index (χ0n) is 18.2. The molecule has 0 amide bonds. The minimum atomic E-state index is -0.368. The Balaban J connectivity index is 1.60. The normalized spacial score (nSPS) is 11.8. The van der Waals surface area contributed by atoms with E-state index in [4.69, 9.17) is 9.15 Å². The molecular weight excluding hydrogens is 418 g/mol. The highest BCUT2D eigenvalue weighted by molar-refractivity contribution is 7.98. The zero-order chi connectivity index (χ0) is 22.3. The number of ether oxygens (including phenoxy) is 1. The third-order valence-corrected chi connectivity index (χ3v) is 5.06. The molecule has 2 rings (SSSR count). The Hall–Kier alpha value is -2.43. The molecule has 0 aromatic carbocycles. The van der Waals surface area contributed by atoms with Crippen molar-refractivity contribution in [2.45, 2.75) is 25.3 Å². The maximum absolute atomic E-state index is 10.9. The van der Waals surface area contributed by atoms with Crippen LogP contribution in [-0.2, 0) is 23.6 Å². The predicted molar refractivity (Wildman–Crippen MR) is 123 cm³/mol. The summed E-state index contributed by atoms with van der Waals surface area (Å²) in [6.45, 7) is 2.48. The van der Waals surface area contributed by atoms with Crippen LogP contribution >= 0.6 is 11.8 Å². The quantitative estimate of drug-likeness (QED) is 0.145. The van der Waals surface area contributed by atoms with E-state index in [9.17, 15) is 10.1 Å². The van der Waals surface area contributed by atoms with E-state index in [2.05, 4.69) is 15.3 Å². The van der Waals surface area contributed by atoms with Crippen molar-refractivity contribution in [3.63, 3.8) is 0 Å². The lowest BCUT2D eigenvalue weighted by atomic mass is 10.3. The molecule has 10 heteroatoms. The summed E-state index contributed by atoms with van der Waals surface area (Å²) in [4.78, 5) is 21.0. The van der Waals surface area contributed by atoms with Crippen molar-refractivity contribution in [2.24, 2.45) is 4.99 Å². The second kappa shape index (κ2) is 14.6. The van der Waals surface area contributed by atoms with Gasteiger partial charge >= 0.3 is 0 Å². The van der Waals surface area contributed by atoms with E-state index in [1.807, 2.05) is 49.5 Å². The minimum Gasteiger partial charge on any atom is -0.462 e. The summed E-state index contributed by atoms with van der Waals surface area (Å²) in [6.07, 6.45) is 4.28. The second-order valence-electron chi connectivity index (χ2n) is 7.17. The number of rotatable bonds is 15. The third kappa shape index (κ3) is 11.5. The van der Waals surface area contributed by atoms with Crippen LogP contribution in [0, 0.1) is 10.1 Å². The number of aliphatic imine (C=N–C) groups is 1. The van der Waals surface area contributed by atoms with Gasteiger partial charge in [0, 0.05) is 48.5 Å². The first-order chi connectivity index (χ1) is 15.0. The molecule has 0 radical (unpaired) electrons. The van der Waals surface area contributed by atoms with E-state index in [0.717, 1.165) is 35.1 Å². The average Bonchev–Trinajstić information content (AvgIpc) is 3.16. The number of pyridine rings is 1. The molecule has 2 heterocycles. The first-order valence-electron chi connectivity index (χ1n) is 10.2. The lowest BCUT2D eigenvalue weighted by Gasteiger charge is -2.07. The van der Waals surface area contributed by atoms with Gasteiger partial charge in [-0.15, -0.1) is 0 Å². The van der Waals surface area contributed by atoms with Crippen molar-refractivity contribution in [1.82, 2.24) is 15.2 Å². The number of nitrogens with one attached hydrogen (secondary N) is 1. The number of furan rings is 1. The van der Waals surface area contributed by atoms with Crippen LogP contribution in [0.5, 0.6) is 0 Å². The number of nitrogens with zero attached hydrogens (tertiary/aromatic N) is 4. The van der Waals surface area contributed by atoms with Crippen LogP contribution in [0.4, 0.5) is 0 Å². The topological polar surface area (TPSA) is 106 Å². The Labute approximate surface area is 187 Å². The Morgan fingerprint density at radius 1 is 1.35 bits per heavy atom. The number of amidine groups is 1. The molecule has 0 bridgehead atoms. The third-order valence-electron chi connectivity index (χ3n) is 4.03. The van der Waals surface area contributed by atoms with E-state index >= 15 is 0 Å². The Kier molecular flexibility index (Phi) is 11.7. The lowest BCUT2D eigenvalue weighted by molar-refractivity contribution is -0.463. The largest absolute Gasteiger partial charge is 0.462 e. The highest BCUT2D eigenvalue weighted by Crippen LogP contribution is 2.11. The number of nitro groups is 1. The fourth-order valence-corrected chi connectivity index (χ4v) is 3.47. The van der Waals surface area contributed by atoms with Crippen molar-refractivity contribution in [3.05, 3.63) is 63.9 Å². The van der Waals surface area contributed by atoms with Crippen molar-refractivity contribution in [3.8, 4) is 0 Å². The zero-order valence-corrected chi connectivity index (χ0v) is 19.0. The summed E-state index contributed by atoms with van der Waals surface area (Å²) in [5, 5.41) is 14.0. The predicted octanol–water partition coefficient (Wildman–Crippen LogP) is 2.84. The SMILES string of the molecule is CN(C)Cc1ccc(COCCCN=C(C[N+](=O)[O-])NCCSCc2cccnc2)o1. The van der Waals surface area contributed by atoms with Gasteiger partial charge in [-0.25, -0.2) is 0 Å². The number of hydrogen-bond donors (Lipinski definition) is 1. The summed E-state index contributed by atoms with van der Waals surface area (Å²) < 4.78 is 11.3. The molecule has 0 aliphatic heterocycles. The fourth-order valence-electron chi connectivity index (χ4n) is 2.68. The van der Waals surface area contributed by atoms with Crippen LogP contribution in [0.1, 0.15) is 23.5 Å². The van der Waals surface area contributed by atoms with Gasteiger partial charge in [0.2, 0.25) is 0 Å². The average molecular weight is 450 g/mol. The molecular formula is C21H31N5O4S. The summed E-state index contributed by atoms with van der Waals surface area (Å²) in [6, 6.07) is 7.82. The molecule has 0 aliphatic rings. The Morgan fingerprint density at radius 3 is 2.94 bits per heavy atom. The molecule has 0 fully saturated rings. The molecule has 170 valence electrons. The van der Waals surface area contributed by atoms with Crippen molar-refractivity contribution in [2.75, 3.05) is 46.1 Å². The highest BCUT2D eigenvalue weighted by Gasteiger charge is 2.07. The van der Waals surface area contributed by atoms with E-state index in [1.54, 1.807) is 18.0 Å². The molecule has 0 spiro atoms. The van der Waals surface area contributed by atoms with E-state index in [1.165, 1.54) is 0 Å². The van der Waals surface area contributed by atoms with Crippen molar-refractivity contribution < 1.29 is 14.1 Å². The van der Waals surface area contributed by atoms with Crippen LogP contribution in [0.3, 0.4) is 0 Å². The van der Waals surface area contributed by atoms with Gasteiger partial charge in [0.15, 0.2) is 5.84 Å². The monoisotopic (exact) mass is 449 g/mol. The van der Waals surface area contributed by atoms with Gasteiger partial charge < -0.3 is 19.4 Å². The van der Waals surface area contributed by atoms with Crippen LogP contribution in [0.25, 0.3) is 0 Å². The van der Waals surface area contributed by atoms with E-state index in [-0.39, 0.29) is 11.5 Å². The van der Waals surface area contributed by atoms with Crippen LogP contribution < -0.4 is 5.32 Å². The van der Waals surface area contributed by atoms with Gasteiger partial charge in [-0.3, -0.25) is 20.1 Å². The first kappa shape index (κ1) is 24.8. The molecule has 1 N–H and O–H groups in total. The van der Waals surface area contributed by atoms with E-state index < -0.39 is 0 Å². The van der Waals surface area contributed by atoms with Crippen LogP contribution in [-0.4, -0.2) is 66.7 Å². The minimum absolute atomic E-state index is 0.296.